The van der Waals surface area contributed by atoms with E-state index < -0.39 is 5.97 Å². The molecular formula is C12H12O3S. The summed E-state index contributed by atoms with van der Waals surface area (Å²) in [6.07, 6.45) is 3.88. The Morgan fingerprint density at radius 2 is 2.12 bits per heavy atom. The third-order valence-corrected chi connectivity index (χ3v) is 3.61. The first-order valence-electron chi connectivity index (χ1n) is 5.11. The van der Waals surface area contributed by atoms with Crippen molar-refractivity contribution in [1.82, 2.24) is 0 Å². The van der Waals surface area contributed by atoms with Gasteiger partial charge in [-0.2, -0.15) is 0 Å². The molecule has 84 valence electrons. The van der Waals surface area contributed by atoms with Crippen molar-refractivity contribution in [3.05, 3.63) is 28.8 Å². The molecule has 0 saturated heterocycles. The first kappa shape index (κ1) is 11.2. The number of hydrogen-bond donors (Lipinski definition) is 1. The normalized spacial score (nSPS) is 14.7. The third-order valence-electron chi connectivity index (χ3n) is 2.83. The predicted molar refractivity (Wildman–Crippen MR) is 62.5 cm³/mol. The molecule has 3 nitrogen and oxygen atoms in total. The zero-order chi connectivity index (χ0) is 11.7. The van der Waals surface area contributed by atoms with Crippen LogP contribution in [0.15, 0.2) is 17.0 Å². The van der Waals surface area contributed by atoms with Crippen molar-refractivity contribution in [3.63, 3.8) is 0 Å². The highest BCUT2D eigenvalue weighted by Crippen LogP contribution is 2.32. The van der Waals surface area contributed by atoms with Crippen molar-refractivity contribution in [2.24, 2.45) is 0 Å². The van der Waals surface area contributed by atoms with Crippen molar-refractivity contribution >= 4 is 23.5 Å². The summed E-state index contributed by atoms with van der Waals surface area (Å²) in [7, 11) is 0. The van der Waals surface area contributed by atoms with E-state index in [9.17, 15) is 9.59 Å². The highest BCUT2D eigenvalue weighted by molar-refractivity contribution is 7.98. The van der Waals surface area contributed by atoms with Crippen LogP contribution < -0.4 is 0 Å². The standard InChI is InChI=1S/C12H12O3S/c1-16-10-6-5-8(12(14)15)7-3-2-4-9(13)11(7)10/h5-6H,2-4H2,1H3,(H,14,15). The third kappa shape index (κ3) is 1.73. The van der Waals surface area contributed by atoms with Gasteiger partial charge in [0.1, 0.15) is 0 Å². The van der Waals surface area contributed by atoms with E-state index in [-0.39, 0.29) is 11.3 Å². The number of carbonyl (C=O) groups is 2. The van der Waals surface area contributed by atoms with Gasteiger partial charge >= 0.3 is 5.97 Å². The number of carbonyl (C=O) groups excluding carboxylic acids is 1. The van der Waals surface area contributed by atoms with Crippen LogP contribution in [-0.2, 0) is 6.42 Å². The number of carboxylic acids is 1. The van der Waals surface area contributed by atoms with Gasteiger partial charge in [0.2, 0.25) is 0 Å². The van der Waals surface area contributed by atoms with Crippen molar-refractivity contribution in [1.29, 1.82) is 0 Å². The molecule has 0 aromatic heterocycles. The van der Waals surface area contributed by atoms with Gasteiger partial charge in [0.05, 0.1) is 5.56 Å². The van der Waals surface area contributed by atoms with Gasteiger partial charge in [-0.1, -0.05) is 0 Å². The average Bonchev–Trinajstić information content (AvgIpc) is 2.27. The van der Waals surface area contributed by atoms with Gasteiger partial charge in [0.15, 0.2) is 5.78 Å². The van der Waals surface area contributed by atoms with Crippen LogP contribution in [0.3, 0.4) is 0 Å². The zero-order valence-corrected chi connectivity index (χ0v) is 9.76. The SMILES string of the molecule is CSc1ccc(C(=O)O)c2c1C(=O)CCC2. The van der Waals surface area contributed by atoms with E-state index in [1.54, 1.807) is 12.1 Å². The molecule has 0 fully saturated rings. The second-order valence-electron chi connectivity index (χ2n) is 3.75. The Morgan fingerprint density at radius 3 is 2.75 bits per heavy atom. The molecule has 0 spiro atoms. The minimum absolute atomic E-state index is 0.0775. The molecular weight excluding hydrogens is 224 g/mol. The van der Waals surface area contributed by atoms with Gasteiger partial charge < -0.3 is 5.11 Å². The van der Waals surface area contributed by atoms with Crippen LogP contribution in [0.1, 0.15) is 39.1 Å². The Labute approximate surface area is 97.9 Å². The van der Waals surface area contributed by atoms with E-state index >= 15 is 0 Å². The molecule has 1 aromatic rings. The van der Waals surface area contributed by atoms with Crippen LogP contribution in [0.4, 0.5) is 0 Å². The summed E-state index contributed by atoms with van der Waals surface area (Å²) in [6, 6.07) is 3.34. The molecule has 2 rings (SSSR count). The Bertz CT molecular complexity index is 466. The van der Waals surface area contributed by atoms with Crippen LogP contribution in [-0.4, -0.2) is 23.1 Å². The van der Waals surface area contributed by atoms with Crippen molar-refractivity contribution in [3.8, 4) is 0 Å². The van der Waals surface area contributed by atoms with Crippen molar-refractivity contribution < 1.29 is 14.7 Å². The maximum absolute atomic E-state index is 11.8. The smallest absolute Gasteiger partial charge is 0.335 e. The summed E-state index contributed by atoms with van der Waals surface area (Å²) in [4.78, 5) is 23.8. The van der Waals surface area contributed by atoms with Crippen LogP contribution in [0, 0.1) is 0 Å². The summed E-state index contributed by atoms with van der Waals surface area (Å²) in [5.41, 5.74) is 1.63. The minimum atomic E-state index is -0.946. The number of hydrogen-bond acceptors (Lipinski definition) is 3. The van der Waals surface area contributed by atoms with E-state index in [2.05, 4.69) is 0 Å². The Hall–Kier alpha value is -1.29. The molecule has 0 unspecified atom stereocenters. The number of fused-ring (bicyclic) bond motifs is 1. The fourth-order valence-electron chi connectivity index (χ4n) is 2.11. The first-order chi connectivity index (χ1) is 7.65. The van der Waals surface area contributed by atoms with E-state index in [0.717, 1.165) is 16.9 Å². The summed E-state index contributed by atoms with van der Waals surface area (Å²) in [6.45, 7) is 0. The largest absolute Gasteiger partial charge is 0.478 e. The zero-order valence-electron chi connectivity index (χ0n) is 8.95. The van der Waals surface area contributed by atoms with Crippen LogP contribution >= 0.6 is 11.8 Å². The monoisotopic (exact) mass is 236 g/mol. The Morgan fingerprint density at radius 1 is 1.38 bits per heavy atom. The van der Waals surface area contributed by atoms with E-state index in [0.29, 0.717) is 18.4 Å². The summed E-state index contributed by atoms with van der Waals surface area (Å²) in [5, 5.41) is 9.07. The summed E-state index contributed by atoms with van der Waals surface area (Å²) >= 11 is 1.49. The van der Waals surface area contributed by atoms with Gasteiger partial charge in [0.25, 0.3) is 0 Å². The fraction of sp³-hybridized carbons (Fsp3) is 0.333. The van der Waals surface area contributed by atoms with Gasteiger partial charge in [0, 0.05) is 16.9 Å². The van der Waals surface area contributed by atoms with Crippen LogP contribution in [0.25, 0.3) is 0 Å². The fourth-order valence-corrected chi connectivity index (χ4v) is 2.76. The number of ketones is 1. The quantitative estimate of drug-likeness (QED) is 0.802. The molecule has 0 radical (unpaired) electrons. The molecule has 1 N–H and O–H groups in total. The van der Waals surface area contributed by atoms with Crippen LogP contribution in [0.2, 0.25) is 0 Å². The second-order valence-corrected chi connectivity index (χ2v) is 4.60. The lowest BCUT2D eigenvalue weighted by molar-refractivity contribution is 0.0695. The van der Waals surface area contributed by atoms with Gasteiger partial charge in [-0.25, -0.2) is 4.79 Å². The predicted octanol–water partition coefficient (Wildman–Crippen LogP) is 2.63. The molecule has 1 aromatic carbocycles. The maximum Gasteiger partial charge on any atom is 0.335 e. The molecule has 0 atom stereocenters. The number of rotatable bonds is 2. The maximum atomic E-state index is 11.8. The lowest BCUT2D eigenvalue weighted by Crippen LogP contribution is -2.16. The number of Topliss-reactive ketones (excluding diaryl/α,β-unsaturated/α-hetero) is 1. The van der Waals surface area contributed by atoms with Crippen LogP contribution in [0.5, 0.6) is 0 Å². The lowest BCUT2D eigenvalue weighted by Gasteiger charge is -2.19. The Balaban J connectivity index is 2.68. The number of thioether (sulfide) groups is 1. The Kier molecular flexibility index (Phi) is 3.01. The highest BCUT2D eigenvalue weighted by Gasteiger charge is 2.25. The van der Waals surface area contributed by atoms with Gasteiger partial charge in [-0.15, -0.1) is 11.8 Å². The molecule has 0 aliphatic heterocycles. The summed E-state index contributed by atoms with van der Waals surface area (Å²) < 4.78 is 0. The second kappa shape index (κ2) is 4.29. The molecule has 16 heavy (non-hydrogen) atoms. The molecule has 1 aliphatic carbocycles. The molecule has 0 bridgehead atoms. The number of aromatic carboxylic acids is 1. The summed E-state index contributed by atoms with van der Waals surface area (Å²) in [5.74, 6) is -0.868. The van der Waals surface area contributed by atoms with Crippen molar-refractivity contribution in [2.75, 3.05) is 6.26 Å². The van der Waals surface area contributed by atoms with Gasteiger partial charge in [-0.3, -0.25) is 4.79 Å². The molecule has 0 heterocycles. The first-order valence-corrected chi connectivity index (χ1v) is 6.34. The molecule has 1 aliphatic rings. The van der Waals surface area contributed by atoms with E-state index in [1.165, 1.54) is 11.8 Å². The minimum Gasteiger partial charge on any atom is -0.478 e. The lowest BCUT2D eigenvalue weighted by atomic mass is 9.87. The van der Waals surface area contributed by atoms with Crippen molar-refractivity contribution in [2.45, 2.75) is 24.2 Å². The number of benzene rings is 1. The average molecular weight is 236 g/mol. The molecule has 0 saturated carbocycles. The topological polar surface area (TPSA) is 54.4 Å². The van der Waals surface area contributed by atoms with E-state index in [4.69, 9.17) is 5.11 Å². The molecule has 4 heteroatoms. The van der Waals surface area contributed by atoms with Gasteiger partial charge in [-0.05, 0) is 36.8 Å². The highest BCUT2D eigenvalue weighted by atomic mass is 32.2. The van der Waals surface area contributed by atoms with E-state index in [1.807, 2.05) is 6.26 Å². The number of carboxylic acid groups (broad SMARTS) is 1. The molecule has 0 amide bonds.